The zero-order valence-electron chi connectivity index (χ0n) is 8.79. The second-order valence-corrected chi connectivity index (χ2v) is 4.28. The first kappa shape index (κ1) is 9.53. The van der Waals surface area contributed by atoms with Gasteiger partial charge in [0.25, 0.3) is 0 Å². The fourth-order valence-corrected chi connectivity index (χ4v) is 1.92. The molecule has 0 fully saturated rings. The highest BCUT2D eigenvalue weighted by molar-refractivity contribution is 5.51. The Bertz CT molecular complexity index is 333. The molecule has 14 heavy (non-hydrogen) atoms. The van der Waals surface area contributed by atoms with Crippen molar-refractivity contribution < 1.29 is 4.74 Å². The van der Waals surface area contributed by atoms with E-state index >= 15 is 0 Å². The summed E-state index contributed by atoms with van der Waals surface area (Å²) in [4.78, 5) is 0. The van der Waals surface area contributed by atoms with Crippen LogP contribution in [-0.4, -0.2) is 6.10 Å². The Hall–Kier alpha value is -1.02. The van der Waals surface area contributed by atoms with Gasteiger partial charge in [-0.1, -0.05) is 26.0 Å². The van der Waals surface area contributed by atoms with Crippen LogP contribution in [0.25, 0.3) is 0 Å². The topological polar surface area (TPSA) is 35.2 Å². The number of benzene rings is 1. The van der Waals surface area contributed by atoms with Crippen molar-refractivity contribution in [2.24, 2.45) is 5.92 Å². The lowest BCUT2D eigenvalue weighted by Crippen LogP contribution is -2.27. The minimum Gasteiger partial charge on any atom is -0.398 e. The zero-order valence-corrected chi connectivity index (χ0v) is 8.79. The average molecular weight is 191 g/mol. The van der Waals surface area contributed by atoms with Gasteiger partial charge >= 0.3 is 0 Å². The smallest absolute Gasteiger partial charge is 0.0724 e. The normalized spacial score (nSPS) is 20.9. The minimum absolute atomic E-state index is 0.326. The summed E-state index contributed by atoms with van der Waals surface area (Å²) in [5, 5.41) is 0. The van der Waals surface area contributed by atoms with E-state index in [0.29, 0.717) is 18.6 Å². The standard InChI is InChI=1S/C12H17NO/c1-8(2)12-6-10-9(7-14-12)4-3-5-11(10)13/h3-5,8,12H,6-7,13H2,1-2H3. The predicted octanol–water partition coefficient (Wildman–Crippen LogP) is 2.37. The molecule has 0 bridgehead atoms. The monoisotopic (exact) mass is 191 g/mol. The quantitative estimate of drug-likeness (QED) is 0.692. The van der Waals surface area contributed by atoms with E-state index in [1.165, 1.54) is 11.1 Å². The number of nitrogen functional groups attached to an aromatic ring is 1. The summed E-state index contributed by atoms with van der Waals surface area (Å²) in [5.41, 5.74) is 9.40. The number of hydrogen-bond donors (Lipinski definition) is 1. The van der Waals surface area contributed by atoms with Crippen LogP contribution in [0, 0.1) is 5.92 Å². The molecule has 1 aliphatic rings. The van der Waals surface area contributed by atoms with Gasteiger partial charge in [0.15, 0.2) is 0 Å². The molecule has 1 aromatic carbocycles. The molecule has 0 radical (unpaired) electrons. The maximum Gasteiger partial charge on any atom is 0.0724 e. The van der Waals surface area contributed by atoms with Gasteiger partial charge in [0.05, 0.1) is 12.7 Å². The molecular formula is C12H17NO. The van der Waals surface area contributed by atoms with Gasteiger partial charge in [-0.15, -0.1) is 0 Å². The molecule has 2 heteroatoms. The van der Waals surface area contributed by atoms with E-state index in [9.17, 15) is 0 Å². The van der Waals surface area contributed by atoms with Gasteiger partial charge in [-0.25, -0.2) is 0 Å². The third kappa shape index (κ3) is 1.62. The number of hydrogen-bond acceptors (Lipinski definition) is 2. The van der Waals surface area contributed by atoms with Gasteiger partial charge in [0.2, 0.25) is 0 Å². The van der Waals surface area contributed by atoms with Crippen LogP contribution in [0.3, 0.4) is 0 Å². The van der Waals surface area contributed by atoms with Crippen molar-refractivity contribution in [3.05, 3.63) is 29.3 Å². The Morgan fingerprint density at radius 1 is 1.43 bits per heavy atom. The van der Waals surface area contributed by atoms with Crippen LogP contribution in [0.1, 0.15) is 25.0 Å². The molecule has 0 aliphatic carbocycles. The maximum absolute atomic E-state index is 5.95. The number of nitrogens with two attached hydrogens (primary N) is 1. The molecule has 0 amide bonds. The maximum atomic E-state index is 5.95. The highest BCUT2D eigenvalue weighted by Crippen LogP contribution is 2.28. The summed E-state index contributed by atoms with van der Waals surface area (Å²) < 4.78 is 5.77. The van der Waals surface area contributed by atoms with Gasteiger partial charge in [-0.2, -0.15) is 0 Å². The minimum atomic E-state index is 0.326. The average Bonchev–Trinajstić information content (AvgIpc) is 2.18. The molecule has 0 aromatic heterocycles. The zero-order chi connectivity index (χ0) is 10.1. The van der Waals surface area contributed by atoms with Crippen molar-refractivity contribution in [3.63, 3.8) is 0 Å². The number of rotatable bonds is 1. The van der Waals surface area contributed by atoms with Crippen LogP contribution in [-0.2, 0) is 17.8 Å². The van der Waals surface area contributed by atoms with E-state index in [1.54, 1.807) is 0 Å². The van der Waals surface area contributed by atoms with Crippen molar-refractivity contribution in [2.75, 3.05) is 5.73 Å². The van der Waals surface area contributed by atoms with E-state index in [0.717, 1.165) is 12.1 Å². The van der Waals surface area contributed by atoms with E-state index in [2.05, 4.69) is 19.9 Å². The third-order valence-corrected chi connectivity index (χ3v) is 2.91. The Morgan fingerprint density at radius 2 is 2.21 bits per heavy atom. The summed E-state index contributed by atoms with van der Waals surface area (Å²) in [6, 6.07) is 6.07. The van der Waals surface area contributed by atoms with Crippen molar-refractivity contribution in [3.8, 4) is 0 Å². The molecule has 76 valence electrons. The molecule has 0 saturated carbocycles. The van der Waals surface area contributed by atoms with Crippen LogP contribution in [0.15, 0.2) is 18.2 Å². The summed E-state index contributed by atoms with van der Waals surface area (Å²) in [6.07, 6.45) is 1.28. The van der Waals surface area contributed by atoms with Gasteiger partial charge in [0, 0.05) is 12.1 Å². The Balaban J connectivity index is 2.29. The Kier molecular flexibility index (Phi) is 2.46. The molecule has 1 aromatic rings. The highest BCUT2D eigenvalue weighted by atomic mass is 16.5. The van der Waals surface area contributed by atoms with Crippen LogP contribution < -0.4 is 5.73 Å². The van der Waals surface area contributed by atoms with Crippen molar-refractivity contribution in [1.29, 1.82) is 0 Å². The van der Waals surface area contributed by atoms with Crippen molar-refractivity contribution in [2.45, 2.75) is 33.0 Å². The summed E-state index contributed by atoms with van der Waals surface area (Å²) >= 11 is 0. The second kappa shape index (κ2) is 3.62. The van der Waals surface area contributed by atoms with E-state index in [-0.39, 0.29) is 0 Å². The predicted molar refractivity (Wildman–Crippen MR) is 58.0 cm³/mol. The molecule has 1 aliphatic heterocycles. The Labute approximate surface area is 85.1 Å². The van der Waals surface area contributed by atoms with Gasteiger partial charge in [-0.05, 0) is 23.1 Å². The van der Waals surface area contributed by atoms with Crippen molar-refractivity contribution >= 4 is 5.69 Å². The van der Waals surface area contributed by atoms with Gasteiger partial charge in [-0.3, -0.25) is 0 Å². The number of anilines is 1. The number of fused-ring (bicyclic) bond motifs is 1. The molecule has 0 saturated heterocycles. The lowest BCUT2D eigenvalue weighted by atomic mass is 9.92. The van der Waals surface area contributed by atoms with Crippen LogP contribution in [0.4, 0.5) is 5.69 Å². The second-order valence-electron chi connectivity index (χ2n) is 4.28. The fraction of sp³-hybridized carbons (Fsp3) is 0.500. The van der Waals surface area contributed by atoms with E-state index in [1.807, 2.05) is 12.1 Å². The summed E-state index contributed by atoms with van der Waals surface area (Å²) in [6.45, 7) is 5.09. The molecular weight excluding hydrogens is 174 g/mol. The third-order valence-electron chi connectivity index (χ3n) is 2.91. The first-order chi connectivity index (χ1) is 6.68. The largest absolute Gasteiger partial charge is 0.398 e. The van der Waals surface area contributed by atoms with Gasteiger partial charge in [0.1, 0.15) is 0 Å². The first-order valence-corrected chi connectivity index (χ1v) is 5.16. The first-order valence-electron chi connectivity index (χ1n) is 5.16. The van der Waals surface area contributed by atoms with E-state index in [4.69, 9.17) is 10.5 Å². The molecule has 2 nitrogen and oxygen atoms in total. The van der Waals surface area contributed by atoms with Crippen LogP contribution in [0.2, 0.25) is 0 Å². The molecule has 2 N–H and O–H groups in total. The van der Waals surface area contributed by atoms with Crippen molar-refractivity contribution in [1.82, 2.24) is 0 Å². The SMILES string of the molecule is CC(C)C1Cc2c(N)cccc2CO1. The molecule has 1 atom stereocenters. The highest BCUT2D eigenvalue weighted by Gasteiger charge is 2.22. The fourth-order valence-electron chi connectivity index (χ4n) is 1.92. The van der Waals surface area contributed by atoms with Gasteiger partial charge < -0.3 is 10.5 Å². The summed E-state index contributed by atoms with van der Waals surface area (Å²) in [5.74, 6) is 0.558. The molecule has 1 heterocycles. The molecule has 2 rings (SSSR count). The Morgan fingerprint density at radius 3 is 2.93 bits per heavy atom. The molecule has 0 spiro atoms. The number of ether oxygens (including phenoxy) is 1. The lowest BCUT2D eigenvalue weighted by Gasteiger charge is -2.28. The molecule has 1 unspecified atom stereocenters. The van der Waals surface area contributed by atoms with Crippen LogP contribution >= 0.6 is 0 Å². The lowest BCUT2D eigenvalue weighted by molar-refractivity contribution is -0.0000695. The van der Waals surface area contributed by atoms with E-state index < -0.39 is 0 Å². The van der Waals surface area contributed by atoms with Crippen LogP contribution in [0.5, 0.6) is 0 Å². The summed E-state index contributed by atoms with van der Waals surface area (Å²) in [7, 11) is 0.